The molecule has 0 amide bonds. The van der Waals surface area contributed by atoms with Gasteiger partial charge in [0.25, 0.3) is 0 Å². The number of carbonyl (C=O) groups excluding carboxylic acids is 1. The van der Waals surface area contributed by atoms with Gasteiger partial charge in [-0.15, -0.1) is 0 Å². The SMILES string of the molecule is C=C(C)[C@@H]1CC[C@]2(C(=O)O)CC[C@]3(C)[C@H](CC[C@@H]4[C@@]5(C)CC[C@H](OC(=O)CCCC[P+](c6ccccc6)(c6ccccc6)c6ccccc6)C(C)(C)[C@@H]5CC[C@]43C)[C@@H]12.[Br-]. The summed E-state index contributed by atoms with van der Waals surface area (Å²) in [5, 5.41) is 14.9. The second-order valence-electron chi connectivity index (χ2n) is 21.0. The smallest absolute Gasteiger partial charge is 0.309 e. The number of esters is 1. The first kappa shape index (κ1) is 44.3. The molecule has 0 saturated heterocycles. The number of carboxylic acids is 1. The molecule has 5 aliphatic rings. The van der Waals surface area contributed by atoms with Crippen LogP contribution < -0.4 is 32.9 Å². The minimum atomic E-state index is -1.93. The van der Waals surface area contributed by atoms with Crippen LogP contribution in [0.4, 0.5) is 0 Å². The van der Waals surface area contributed by atoms with Crippen molar-refractivity contribution in [3.8, 4) is 0 Å². The number of rotatable bonds is 11. The van der Waals surface area contributed by atoms with Crippen LogP contribution in [0.25, 0.3) is 0 Å². The van der Waals surface area contributed by atoms with Crippen molar-refractivity contribution in [3.63, 3.8) is 0 Å². The van der Waals surface area contributed by atoms with E-state index in [4.69, 9.17) is 4.74 Å². The lowest BCUT2D eigenvalue weighted by Gasteiger charge is -2.72. The summed E-state index contributed by atoms with van der Waals surface area (Å²) in [5.74, 6) is 1.42. The third-order valence-corrected chi connectivity index (χ3v) is 22.9. The van der Waals surface area contributed by atoms with Gasteiger partial charge >= 0.3 is 11.9 Å². The highest BCUT2D eigenvalue weighted by atomic mass is 79.9. The highest BCUT2D eigenvalue weighted by Crippen LogP contribution is 2.77. The fourth-order valence-corrected chi connectivity index (χ4v) is 19.8. The van der Waals surface area contributed by atoms with E-state index in [1.54, 1.807) is 0 Å². The Hall–Kier alpha value is -2.75. The zero-order valence-corrected chi connectivity index (χ0v) is 39.2. The van der Waals surface area contributed by atoms with E-state index in [-0.39, 0.29) is 56.6 Å². The Morgan fingerprint density at radius 2 is 1.27 bits per heavy atom. The van der Waals surface area contributed by atoms with Crippen molar-refractivity contribution in [2.24, 2.45) is 56.7 Å². The molecule has 1 N–H and O–H groups in total. The van der Waals surface area contributed by atoms with Crippen molar-refractivity contribution in [1.29, 1.82) is 0 Å². The highest BCUT2D eigenvalue weighted by Gasteiger charge is 2.72. The van der Waals surface area contributed by atoms with Crippen LogP contribution in [0.15, 0.2) is 103 Å². The first-order valence-electron chi connectivity index (χ1n) is 22.8. The molecule has 0 spiro atoms. The van der Waals surface area contributed by atoms with Crippen molar-refractivity contribution in [3.05, 3.63) is 103 Å². The van der Waals surface area contributed by atoms with Crippen LogP contribution in [0.2, 0.25) is 0 Å². The number of hydrogen-bond donors (Lipinski definition) is 1. The van der Waals surface area contributed by atoms with Crippen LogP contribution in [0.5, 0.6) is 0 Å². The minimum absolute atomic E-state index is 0. The number of unbranched alkanes of at least 4 members (excludes halogenated alkanes) is 1. The van der Waals surface area contributed by atoms with Gasteiger partial charge in [-0.25, -0.2) is 0 Å². The summed E-state index contributed by atoms with van der Waals surface area (Å²) in [6.45, 7) is 19.2. The molecule has 8 rings (SSSR count). The minimum Gasteiger partial charge on any atom is -1.00 e. The van der Waals surface area contributed by atoms with Crippen LogP contribution in [-0.2, 0) is 14.3 Å². The summed E-state index contributed by atoms with van der Waals surface area (Å²) in [5.41, 5.74) is 0.926. The Morgan fingerprint density at radius 3 is 1.81 bits per heavy atom. The molecule has 0 heterocycles. The van der Waals surface area contributed by atoms with Crippen molar-refractivity contribution >= 4 is 35.1 Å². The van der Waals surface area contributed by atoms with Crippen molar-refractivity contribution in [2.75, 3.05) is 6.16 Å². The topological polar surface area (TPSA) is 63.6 Å². The summed E-state index contributed by atoms with van der Waals surface area (Å²) in [7, 11) is -1.93. The maximum Gasteiger partial charge on any atom is 0.309 e. The van der Waals surface area contributed by atoms with Gasteiger partial charge in [0.2, 0.25) is 0 Å². The summed E-state index contributed by atoms with van der Waals surface area (Å²) < 4.78 is 6.57. The molecule has 318 valence electrons. The van der Waals surface area contributed by atoms with E-state index in [1.807, 2.05) is 0 Å². The monoisotopic (exact) mass is 880 g/mol. The van der Waals surface area contributed by atoms with Crippen LogP contribution in [0.3, 0.4) is 0 Å². The molecule has 3 aromatic carbocycles. The zero-order chi connectivity index (χ0) is 41.1. The fourth-order valence-electron chi connectivity index (χ4n) is 15.4. The number of ether oxygens (including phenoxy) is 1. The van der Waals surface area contributed by atoms with E-state index in [0.29, 0.717) is 30.1 Å². The summed E-state index contributed by atoms with van der Waals surface area (Å²) in [4.78, 5) is 26.9. The van der Waals surface area contributed by atoms with Gasteiger partial charge in [-0.2, -0.15) is 0 Å². The van der Waals surface area contributed by atoms with E-state index in [1.165, 1.54) is 34.3 Å². The molecule has 3 aromatic rings. The Morgan fingerprint density at radius 1 is 0.695 bits per heavy atom. The van der Waals surface area contributed by atoms with Gasteiger partial charge in [-0.3, -0.25) is 9.59 Å². The molecule has 5 fully saturated rings. The van der Waals surface area contributed by atoms with E-state index in [0.717, 1.165) is 70.4 Å². The van der Waals surface area contributed by atoms with Crippen molar-refractivity contribution in [2.45, 2.75) is 131 Å². The zero-order valence-electron chi connectivity index (χ0n) is 36.7. The molecule has 5 aliphatic carbocycles. The van der Waals surface area contributed by atoms with Crippen LogP contribution >= 0.6 is 7.26 Å². The molecule has 0 unspecified atom stereocenters. The van der Waals surface area contributed by atoms with Gasteiger partial charge in [-0.1, -0.05) is 101 Å². The molecule has 0 bridgehead atoms. The van der Waals surface area contributed by atoms with Crippen LogP contribution in [0, 0.1) is 56.7 Å². The van der Waals surface area contributed by atoms with E-state index >= 15 is 0 Å². The maximum absolute atomic E-state index is 13.8. The lowest BCUT2D eigenvalue weighted by Crippen LogP contribution is -3.00. The number of carbonyl (C=O) groups is 2. The summed E-state index contributed by atoms with van der Waals surface area (Å²) in [6.07, 6.45) is 13.4. The first-order chi connectivity index (χ1) is 27.6. The average molecular weight is 882 g/mol. The average Bonchev–Trinajstić information content (AvgIpc) is 3.62. The quantitative estimate of drug-likeness (QED) is 0.0906. The molecule has 0 radical (unpaired) electrons. The number of carboxylic acid groups (broad SMARTS) is 1. The molecule has 5 saturated carbocycles. The van der Waals surface area contributed by atoms with E-state index < -0.39 is 18.6 Å². The molecule has 6 heteroatoms. The number of fused-ring (bicyclic) bond motifs is 7. The number of aliphatic carboxylic acids is 1. The fraction of sp³-hybridized carbons (Fsp3) is 0.585. The lowest BCUT2D eigenvalue weighted by atomic mass is 9.32. The lowest BCUT2D eigenvalue weighted by molar-refractivity contribution is -0.250. The molecule has 0 aliphatic heterocycles. The molecule has 4 nitrogen and oxygen atoms in total. The van der Waals surface area contributed by atoms with Gasteiger partial charge in [-0.05, 0) is 166 Å². The molecular weight excluding hydrogens is 811 g/mol. The Bertz CT molecular complexity index is 1890. The van der Waals surface area contributed by atoms with Crippen molar-refractivity contribution < 1.29 is 36.4 Å². The van der Waals surface area contributed by atoms with E-state index in [9.17, 15) is 14.7 Å². The number of benzene rings is 3. The predicted octanol–water partition coefficient (Wildman–Crippen LogP) is 8.81. The molecule has 0 aromatic heterocycles. The van der Waals surface area contributed by atoms with Crippen molar-refractivity contribution in [1.82, 2.24) is 0 Å². The third kappa shape index (κ3) is 6.94. The summed E-state index contributed by atoms with van der Waals surface area (Å²) in [6, 6.07) is 33.1. The van der Waals surface area contributed by atoms with Gasteiger partial charge in [0.15, 0.2) is 0 Å². The second-order valence-corrected chi connectivity index (χ2v) is 24.6. The Labute approximate surface area is 366 Å². The number of allylic oxidation sites excluding steroid dienone is 1. The van der Waals surface area contributed by atoms with Crippen LogP contribution in [0.1, 0.15) is 125 Å². The Kier molecular flexibility index (Phi) is 12.4. The first-order valence-corrected chi connectivity index (χ1v) is 24.8. The Balaban J connectivity index is 0.00000528. The highest BCUT2D eigenvalue weighted by molar-refractivity contribution is 7.95. The molecular formula is C53H70BrO4P. The van der Waals surface area contributed by atoms with Gasteiger partial charge < -0.3 is 26.8 Å². The molecule has 10 atom stereocenters. The maximum atomic E-state index is 13.8. The number of hydrogen-bond acceptors (Lipinski definition) is 3. The van der Waals surface area contributed by atoms with Crippen LogP contribution in [-0.4, -0.2) is 29.3 Å². The predicted molar refractivity (Wildman–Crippen MR) is 240 cm³/mol. The normalized spacial score (nSPS) is 35.8. The van der Waals surface area contributed by atoms with Gasteiger partial charge in [0.1, 0.15) is 29.3 Å². The third-order valence-electron chi connectivity index (χ3n) is 18.4. The molecule has 59 heavy (non-hydrogen) atoms. The standard InChI is InChI=1S/C53H69O4P.BrH/c1-37(2)41-28-33-53(48(55)56)35-34-51(6)42(47(41)53)26-27-44-50(5)31-30-45(49(3,4)43(50)29-32-52(44,51)7)57-46(54)25-17-18-36-58(38-19-11-8-12-20-38,39-21-13-9-14-22-39)40-23-15-10-16-24-40;/h8-16,19-24,41-45,47H,1,17-18,25-36H2,2-7H3;1H/t41-,42+,43-,44+,45-,47+,50-,51+,52+,53-;/m0./s1. The summed E-state index contributed by atoms with van der Waals surface area (Å²) >= 11 is 0. The van der Waals surface area contributed by atoms with Gasteiger partial charge in [0.05, 0.1) is 11.6 Å². The van der Waals surface area contributed by atoms with Gasteiger partial charge in [0, 0.05) is 11.8 Å². The largest absolute Gasteiger partial charge is 1.00 e. The number of halogens is 1. The second kappa shape index (κ2) is 16.5. The van der Waals surface area contributed by atoms with E-state index in [2.05, 4.69) is 139 Å².